The molecule has 0 radical (unpaired) electrons. The van der Waals surface area contributed by atoms with Gasteiger partial charge in [-0.1, -0.05) is 31.4 Å². The van der Waals surface area contributed by atoms with Gasteiger partial charge in [0.25, 0.3) is 5.56 Å². The number of tetrazole rings is 1. The lowest BCUT2D eigenvalue weighted by atomic mass is 9.94. The highest BCUT2D eigenvalue weighted by Crippen LogP contribution is 2.34. The molecule has 3 heterocycles. The Morgan fingerprint density at radius 1 is 1.10 bits per heavy atom. The molecule has 5 rings (SSSR count). The van der Waals surface area contributed by atoms with Gasteiger partial charge in [-0.3, -0.25) is 9.69 Å². The highest BCUT2D eigenvalue weighted by Gasteiger charge is 2.34. The number of aliphatic hydroxyl groups is 1. The number of piperidine rings is 1. The zero-order chi connectivity index (χ0) is 21.4. The lowest BCUT2D eigenvalue weighted by Crippen LogP contribution is -2.42. The molecule has 164 valence electrons. The van der Waals surface area contributed by atoms with Gasteiger partial charge in [0.15, 0.2) is 5.82 Å². The second-order valence-electron chi connectivity index (χ2n) is 9.09. The molecule has 2 aromatic heterocycles. The Hall–Kier alpha value is -2.58. The van der Waals surface area contributed by atoms with Gasteiger partial charge in [-0.05, 0) is 66.1 Å². The fourth-order valence-electron chi connectivity index (χ4n) is 5.14. The van der Waals surface area contributed by atoms with Crippen molar-refractivity contribution in [3.8, 4) is 0 Å². The van der Waals surface area contributed by atoms with Crippen LogP contribution in [-0.4, -0.2) is 54.4 Å². The molecule has 31 heavy (non-hydrogen) atoms. The van der Waals surface area contributed by atoms with E-state index in [4.69, 9.17) is 0 Å². The standard InChI is InChI=1S/C23H30N6O2/c1-15-7-8-16-14-19(23(31)24-20(16)13-15)21(28-11-9-18(30)10-12-28)22-25-26-27-29(22)17-5-3-2-4-6-17/h7-8,13-14,17-18,21,30H,2-6,9-12H2,1H3,(H,24,31). The molecule has 1 unspecified atom stereocenters. The maximum absolute atomic E-state index is 13.3. The first kappa shape index (κ1) is 20.3. The van der Waals surface area contributed by atoms with Crippen LogP contribution in [-0.2, 0) is 0 Å². The van der Waals surface area contributed by atoms with Gasteiger partial charge in [0.05, 0.1) is 12.1 Å². The molecule has 3 aromatic rings. The van der Waals surface area contributed by atoms with Gasteiger partial charge in [0, 0.05) is 24.2 Å². The van der Waals surface area contributed by atoms with Crippen LogP contribution in [0.4, 0.5) is 0 Å². The van der Waals surface area contributed by atoms with Crippen molar-refractivity contribution in [3.63, 3.8) is 0 Å². The predicted octanol–water partition coefficient (Wildman–Crippen LogP) is 2.87. The molecule has 0 spiro atoms. The van der Waals surface area contributed by atoms with E-state index in [0.717, 1.165) is 35.1 Å². The molecule has 2 fully saturated rings. The second kappa shape index (κ2) is 8.51. The van der Waals surface area contributed by atoms with E-state index in [9.17, 15) is 9.90 Å². The summed E-state index contributed by atoms with van der Waals surface area (Å²) in [6.07, 6.45) is 6.84. The van der Waals surface area contributed by atoms with Crippen LogP contribution < -0.4 is 5.56 Å². The van der Waals surface area contributed by atoms with E-state index in [1.807, 2.05) is 29.8 Å². The van der Waals surface area contributed by atoms with Crippen molar-refractivity contribution in [1.82, 2.24) is 30.1 Å². The van der Waals surface area contributed by atoms with Crippen LogP contribution in [0.25, 0.3) is 10.9 Å². The normalized spacial score (nSPS) is 20.3. The minimum atomic E-state index is -0.334. The third kappa shape index (κ3) is 4.02. The predicted molar refractivity (Wildman–Crippen MR) is 118 cm³/mol. The lowest BCUT2D eigenvalue weighted by molar-refractivity contribution is 0.0651. The fourth-order valence-corrected chi connectivity index (χ4v) is 5.14. The Balaban J connectivity index is 1.62. The molecular formula is C23H30N6O2. The van der Waals surface area contributed by atoms with Gasteiger partial charge < -0.3 is 10.1 Å². The summed E-state index contributed by atoms with van der Waals surface area (Å²) in [5.74, 6) is 0.736. The molecule has 1 aliphatic carbocycles. The summed E-state index contributed by atoms with van der Waals surface area (Å²) in [6.45, 7) is 3.43. The van der Waals surface area contributed by atoms with Gasteiger partial charge in [0.2, 0.25) is 0 Å². The molecule has 8 nitrogen and oxygen atoms in total. The molecule has 0 amide bonds. The number of aliphatic hydroxyl groups excluding tert-OH is 1. The van der Waals surface area contributed by atoms with E-state index in [1.165, 1.54) is 19.3 Å². The quantitative estimate of drug-likeness (QED) is 0.671. The van der Waals surface area contributed by atoms with Crippen molar-refractivity contribution in [3.05, 3.63) is 51.6 Å². The molecule has 8 heteroatoms. The van der Waals surface area contributed by atoms with E-state index in [2.05, 4.69) is 31.5 Å². The first-order valence-electron chi connectivity index (χ1n) is 11.4. The van der Waals surface area contributed by atoms with E-state index in [1.54, 1.807) is 0 Å². The Morgan fingerprint density at radius 3 is 2.65 bits per heavy atom. The van der Waals surface area contributed by atoms with E-state index >= 15 is 0 Å². The van der Waals surface area contributed by atoms with Gasteiger partial charge in [0.1, 0.15) is 6.04 Å². The van der Waals surface area contributed by atoms with Crippen molar-refractivity contribution in [2.24, 2.45) is 0 Å². The summed E-state index contributed by atoms with van der Waals surface area (Å²) in [7, 11) is 0. The van der Waals surface area contributed by atoms with Crippen LogP contribution in [0.3, 0.4) is 0 Å². The van der Waals surface area contributed by atoms with Crippen molar-refractivity contribution in [2.45, 2.75) is 70.1 Å². The second-order valence-corrected chi connectivity index (χ2v) is 9.09. The van der Waals surface area contributed by atoms with Crippen LogP contribution in [0.2, 0.25) is 0 Å². The summed E-state index contributed by atoms with van der Waals surface area (Å²) in [5.41, 5.74) is 2.51. The van der Waals surface area contributed by atoms with Crippen molar-refractivity contribution in [2.75, 3.05) is 13.1 Å². The summed E-state index contributed by atoms with van der Waals surface area (Å²) in [5, 5.41) is 23.9. The molecule has 0 bridgehead atoms. The largest absolute Gasteiger partial charge is 0.393 e. The maximum atomic E-state index is 13.3. The highest BCUT2D eigenvalue weighted by atomic mass is 16.3. The third-order valence-electron chi connectivity index (χ3n) is 6.87. The minimum absolute atomic E-state index is 0.104. The van der Waals surface area contributed by atoms with E-state index < -0.39 is 0 Å². The van der Waals surface area contributed by atoms with Crippen LogP contribution in [0, 0.1) is 6.92 Å². The average Bonchev–Trinajstić information content (AvgIpc) is 3.26. The number of benzene rings is 1. The SMILES string of the molecule is Cc1ccc2cc(C(c3nnnn3C3CCCCC3)N3CCC(O)CC3)c(=O)[nH]c2c1. The van der Waals surface area contributed by atoms with Crippen LogP contribution >= 0.6 is 0 Å². The van der Waals surface area contributed by atoms with E-state index in [-0.39, 0.29) is 23.7 Å². The smallest absolute Gasteiger partial charge is 0.253 e. The summed E-state index contributed by atoms with van der Waals surface area (Å²) in [6, 6.07) is 8.04. The first-order chi connectivity index (χ1) is 15.1. The first-order valence-corrected chi connectivity index (χ1v) is 11.4. The zero-order valence-electron chi connectivity index (χ0n) is 18.0. The number of aromatic nitrogens is 5. The third-order valence-corrected chi connectivity index (χ3v) is 6.87. The maximum Gasteiger partial charge on any atom is 0.253 e. The monoisotopic (exact) mass is 422 g/mol. The van der Waals surface area contributed by atoms with Crippen LogP contribution in [0.5, 0.6) is 0 Å². The van der Waals surface area contributed by atoms with Crippen LogP contribution in [0.15, 0.2) is 29.1 Å². The van der Waals surface area contributed by atoms with Crippen molar-refractivity contribution in [1.29, 1.82) is 0 Å². The van der Waals surface area contributed by atoms with Crippen molar-refractivity contribution < 1.29 is 5.11 Å². The van der Waals surface area contributed by atoms with Gasteiger partial charge in [-0.15, -0.1) is 5.10 Å². The average molecular weight is 423 g/mol. The number of hydrogen-bond donors (Lipinski definition) is 2. The molecular weight excluding hydrogens is 392 g/mol. The number of H-pyrrole nitrogens is 1. The molecule has 1 atom stereocenters. The molecule has 1 aliphatic heterocycles. The Bertz CT molecular complexity index is 1110. The van der Waals surface area contributed by atoms with Gasteiger partial charge >= 0.3 is 0 Å². The molecule has 2 aliphatic rings. The number of aryl methyl sites for hydroxylation is 1. The molecule has 1 saturated heterocycles. The summed E-state index contributed by atoms with van der Waals surface area (Å²) >= 11 is 0. The number of aromatic amines is 1. The highest BCUT2D eigenvalue weighted by molar-refractivity contribution is 5.79. The van der Waals surface area contributed by atoms with Gasteiger partial charge in [-0.2, -0.15) is 0 Å². The zero-order valence-corrected chi connectivity index (χ0v) is 18.0. The van der Waals surface area contributed by atoms with Crippen molar-refractivity contribution >= 4 is 10.9 Å². The number of likely N-dealkylation sites (tertiary alicyclic amines) is 1. The Kier molecular flexibility index (Phi) is 5.58. The van der Waals surface area contributed by atoms with Gasteiger partial charge in [-0.25, -0.2) is 4.68 Å². The van der Waals surface area contributed by atoms with Crippen LogP contribution in [0.1, 0.15) is 74.0 Å². The molecule has 1 saturated carbocycles. The number of rotatable bonds is 4. The number of nitrogens with one attached hydrogen (secondary N) is 1. The molecule has 2 N–H and O–H groups in total. The minimum Gasteiger partial charge on any atom is -0.393 e. The summed E-state index contributed by atoms with van der Waals surface area (Å²) < 4.78 is 1.97. The lowest BCUT2D eigenvalue weighted by Gasteiger charge is -2.36. The van der Waals surface area contributed by atoms with E-state index in [0.29, 0.717) is 31.5 Å². The number of hydrogen-bond acceptors (Lipinski definition) is 6. The topological polar surface area (TPSA) is 99.9 Å². The Morgan fingerprint density at radius 2 is 1.87 bits per heavy atom. The number of nitrogens with zero attached hydrogens (tertiary/aromatic N) is 5. The number of pyridine rings is 1. The number of fused-ring (bicyclic) bond motifs is 1. The fraction of sp³-hybridized carbons (Fsp3) is 0.565. The summed E-state index contributed by atoms with van der Waals surface area (Å²) in [4.78, 5) is 18.6. The Labute approximate surface area is 181 Å². The molecule has 1 aromatic carbocycles.